The summed E-state index contributed by atoms with van der Waals surface area (Å²) in [5.74, 6) is 2.72. The van der Waals surface area contributed by atoms with Gasteiger partial charge in [0.1, 0.15) is 5.78 Å². The molecule has 0 amide bonds. The molecule has 1 aliphatic carbocycles. The van der Waals surface area contributed by atoms with Crippen LogP contribution >= 0.6 is 0 Å². The van der Waals surface area contributed by atoms with Crippen molar-refractivity contribution in [2.45, 2.75) is 45.4 Å². The van der Waals surface area contributed by atoms with Gasteiger partial charge in [-0.15, -0.1) is 0 Å². The van der Waals surface area contributed by atoms with Crippen molar-refractivity contribution in [3.63, 3.8) is 0 Å². The molecule has 2 unspecified atom stereocenters. The maximum Gasteiger partial charge on any atom is 0.133 e. The first-order chi connectivity index (χ1) is 7.25. The Labute approximate surface area is 92.4 Å². The minimum Gasteiger partial charge on any atom is -0.381 e. The highest BCUT2D eigenvalue weighted by Crippen LogP contribution is 2.34. The lowest BCUT2D eigenvalue weighted by molar-refractivity contribution is -0.122. The van der Waals surface area contributed by atoms with E-state index in [-0.39, 0.29) is 0 Å². The smallest absolute Gasteiger partial charge is 0.133 e. The zero-order valence-electron chi connectivity index (χ0n) is 9.71. The Morgan fingerprint density at radius 2 is 2.00 bits per heavy atom. The highest BCUT2D eigenvalue weighted by Gasteiger charge is 2.28. The molecule has 1 saturated carbocycles. The molecule has 1 heterocycles. The molecule has 1 aliphatic heterocycles. The van der Waals surface area contributed by atoms with Crippen LogP contribution in [0.3, 0.4) is 0 Å². The van der Waals surface area contributed by atoms with E-state index >= 15 is 0 Å². The second kappa shape index (κ2) is 5.11. The van der Waals surface area contributed by atoms with Crippen LogP contribution in [0.1, 0.15) is 45.4 Å². The third-order valence-corrected chi connectivity index (χ3v) is 4.15. The van der Waals surface area contributed by atoms with Gasteiger partial charge in [-0.2, -0.15) is 0 Å². The number of Topliss-reactive ketones (excluding diaryl/α,β-unsaturated/α-hetero) is 1. The van der Waals surface area contributed by atoms with Crippen LogP contribution < -0.4 is 0 Å². The van der Waals surface area contributed by atoms with Crippen molar-refractivity contribution in [2.75, 3.05) is 13.2 Å². The van der Waals surface area contributed by atoms with Gasteiger partial charge in [0.05, 0.1) is 0 Å². The second-order valence-electron chi connectivity index (χ2n) is 5.31. The van der Waals surface area contributed by atoms with E-state index < -0.39 is 0 Å². The molecule has 2 rings (SSSR count). The van der Waals surface area contributed by atoms with Crippen molar-refractivity contribution in [3.8, 4) is 0 Å². The van der Waals surface area contributed by atoms with Gasteiger partial charge in [-0.25, -0.2) is 0 Å². The van der Waals surface area contributed by atoms with E-state index in [1.807, 2.05) is 0 Å². The number of ketones is 1. The van der Waals surface area contributed by atoms with Gasteiger partial charge in [0.25, 0.3) is 0 Å². The quantitative estimate of drug-likeness (QED) is 0.700. The maximum absolute atomic E-state index is 11.4. The van der Waals surface area contributed by atoms with Gasteiger partial charge in [-0.1, -0.05) is 6.92 Å². The number of hydrogen-bond acceptors (Lipinski definition) is 2. The van der Waals surface area contributed by atoms with Crippen molar-refractivity contribution in [1.82, 2.24) is 0 Å². The van der Waals surface area contributed by atoms with Crippen molar-refractivity contribution in [1.29, 1.82) is 0 Å². The maximum atomic E-state index is 11.4. The van der Waals surface area contributed by atoms with Crippen LogP contribution in [0.15, 0.2) is 0 Å². The molecule has 15 heavy (non-hydrogen) atoms. The number of ether oxygens (including phenoxy) is 1. The summed E-state index contributed by atoms with van der Waals surface area (Å²) in [4.78, 5) is 11.4. The third kappa shape index (κ3) is 3.04. The molecule has 0 aromatic carbocycles. The van der Waals surface area contributed by atoms with Crippen LogP contribution in [-0.2, 0) is 9.53 Å². The first kappa shape index (κ1) is 11.1. The topological polar surface area (TPSA) is 26.3 Å². The highest BCUT2D eigenvalue weighted by atomic mass is 16.5. The number of hydrogen-bond donors (Lipinski definition) is 0. The van der Waals surface area contributed by atoms with Gasteiger partial charge < -0.3 is 4.74 Å². The van der Waals surface area contributed by atoms with E-state index in [0.717, 1.165) is 44.3 Å². The minimum atomic E-state index is 0.491. The van der Waals surface area contributed by atoms with Crippen LogP contribution in [0.25, 0.3) is 0 Å². The fourth-order valence-electron chi connectivity index (χ4n) is 2.95. The summed E-state index contributed by atoms with van der Waals surface area (Å²) >= 11 is 0. The zero-order chi connectivity index (χ0) is 10.7. The molecule has 0 aromatic rings. The molecule has 2 heteroatoms. The molecule has 0 radical (unpaired) electrons. The van der Waals surface area contributed by atoms with Crippen LogP contribution in [0.4, 0.5) is 0 Å². The standard InChI is InChI=1S/C13H22O2/c1-10-2-3-13(14)9-12(10)8-11-4-6-15-7-5-11/h10-12H,2-9H2,1H3. The summed E-state index contributed by atoms with van der Waals surface area (Å²) in [6.45, 7) is 4.18. The monoisotopic (exact) mass is 210 g/mol. The Balaban J connectivity index is 1.83. The van der Waals surface area contributed by atoms with Crippen molar-refractivity contribution < 1.29 is 9.53 Å². The molecule has 1 saturated heterocycles. The van der Waals surface area contributed by atoms with Gasteiger partial charge in [-0.05, 0) is 43.4 Å². The van der Waals surface area contributed by atoms with E-state index in [2.05, 4.69) is 6.92 Å². The summed E-state index contributed by atoms with van der Waals surface area (Å²) in [6.07, 6.45) is 6.46. The molecule has 0 aromatic heterocycles. The molecule has 2 nitrogen and oxygen atoms in total. The van der Waals surface area contributed by atoms with E-state index in [9.17, 15) is 4.79 Å². The Bertz CT molecular complexity index is 219. The van der Waals surface area contributed by atoms with Gasteiger partial charge in [0.2, 0.25) is 0 Å². The highest BCUT2D eigenvalue weighted by molar-refractivity contribution is 5.79. The third-order valence-electron chi connectivity index (χ3n) is 4.15. The van der Waals surface area contributed by atoms with Crippen LogP contribution in [0.2, 0.25) is 0 Å². The lowest BCUT2D eigenvalue weighted by Gasteiger charge is -2.32. The van der Waals surface area contributed by atoms with E-state index in [4.69, 9.17) is 4.74 Å². The molecular formula is C13H22O2. The predicted molar refractivity (Wildman–Crippen MR) is 59.7 cm³/mol. The Hall–Kier alpha value is -0.370. The van der Waals surface area contributed by atoms with Crippen LogP contribution in [0, 0.1) is 17.8 Å². The number of rotatable bonds is 2. The average Bonchev–Trinajstić information content (AvgIpc) is 2.25. The molecular weight excluding hydrogens is 188 g/mol. The first-order valence-electron chi connectivity index (χ1n) is 6.35. The summed E-state index contributed by atoms with van der Waals surface area (Å²) < 4.78 is 5.37. The van der Waals surface area contributed by atoms with E-state index in [1.54, 1.807) is 0 Å². The van der Waals surface area contributed by atoms with Crippen molar-refractivity contribution in [3.05, 3.63) is 0 Å². The number of carbonyl (C=O) groups excluding carboxylic acids is 1. The van der Waals surface area contributed by atoms with Gasteiger partial charge in [-0.3, -0.25) is 4.79 Å². The summed E-state index contributed by atoms with van der Waals surface area (Å²) in [7, 11) is 0. The Morgan fingerprint density at radius 1 is 1.27 bits per heavy atom. The lowest BCUT2D eigenvalue weighted by Crippen LogP contribution is -2.27. The van der Waals surface area contributed by atoms with Gasteiger partial charge >= 0.3 is 0 Å². The molecule has 2 atom stereocenters. The first-order valence-corrected chi connectivity index (χ1v) is 6.35. The largest absolute Gasteiger partial charge is 0.381 e. The molecule has 2 fully saturated rings. The van der Waals surface area contributed by atoms with Gasteiger partial charge in [0.15, 0.2) is 0 Å². The minimum absolute atomic E-state index is 0.491. The van der Waals surface area contributed by atoms with Crippen LogP contribution in [-0.4, -0.2) is 19.0 Å². The van der Waals surface area contributed by atoms with E-state index in [0.29, 0.717) is 11.7 Å². The molecule has 0 spiro atoms. The normalized spacial score (nSPS) is 34.3. The fraction of sp³-hybridized carbons (Fsp3) is 0.923. The summed E-state index contributed by atoms with van der Waals surface area (Å²) in [6, 6.07) is 0. The van der Waals surface area contributed by atoms with Gasteiger partial charge in [0, 0.05) is 26.1 Å². The predicted octanol–water partition coefficient (Wildman–Crippen LogP) is 2.81. The lowest BCUT2D eigenvalue weighted by atomic mass is 9.74. The van der Waals surface area contributed by atoms with E-state index in [1.165, 1.54) is 19.3 Å². The Morgan fingerprint density at radius 3 is 2.73 bits per heavy atom. The van der Waals surface area contributed by atoms with Crippen molar-refractivity contribution in [2.24, 2.45) is 17.8 Å². The second-order valence-corrected chi connectivity index (χ2v) is 5.31. The Kier molecular flexibility index (Phi) is 3.79. The molecule has 0 bridgehead atoms. The fourth-order valence-corrected chi connectivity index (χ4v) is 2.95. The molecule has 0 N–H and O–H groups in total. The van der Waals surface area contributed by atoms with Crippen LogP contribution in [0.5, 0.6) is 0 Å². The van der Waals surface area contributed by atoms with Crippen molar-refractivity contribution >= 4 is 5.78 Å². The number of carbonyl (C=O) groups is 1. The molecule has 86 valence electrons. The summed E-state index contributed by atoms with van der Waals surface area (Å²) in [5, 5.41) is 0. The zero-order valence-corrected chi connectivity index (χ0v) is 9.71. The summed E-state index contributed by atoms with van der Waals surface area (Å²) in [5.41, 5.74) is 0. The SMILES string of the molecule is CC1CCC(=O)CC1CC1CCOCC1. The average molecular weight is 210 g/mol. The molecule has 2 aliphatic rings.